The normalized spacial score (nSPS) is 10.3. The number of nitrogen functional groups attached to an aromatic ring is 1. The van der Waals surface area contributed by atoms with Gasteiger partial charge < -0.3 is 11.1 Å². The second-order valence-electron chi connectivity index (χ2n) is 3.92. The van der Waals surface area contributed by atoms with Gasteiger partial charge in [0.15, 0.2) is 5.78 Å². The zero-order valence-electron chi connectivity index (χ0n) is 9.87. The van der Waals surface area contributed by atoms with E-state index in [2.05, 4.69) is 27.3 Å². The number of hydrogen-bond acceptors (Lipinski definition) is 4. The summed E-state index contributed by atoms with van der Waals surface area (Å²) in [5, 5.41) is 3.28. The Balaban J connectivity index is 2.10. The number of rotatable bonds is 4. The van der Waals surface area contributed by atoms with E-state index in [4.69, 9.17) is 5.73 Å². The topological polar surface area (TPSA) is 55.1 Å². The van der Waals surface area contributed by atoms with Crippen molar-refractivity contribution in [1.82, 2.24) is 0 Å². The molecule has 0 saturated heterocycles. The Morgan fingerprint density at radius 3 is 2.78 bits per heavy atom. The molecular formula is C13H13BrN2OS. The largest absolute Gasteiger partial charge is 0.398 e. The number of nitrogens with two attached hydrogens (primary N) is 1. The number of carbonyl (C=O) groups is 1. The Bertz CT molecular complexity index is 580. The maximum Gasteiger partial charge on any atom is 0.161 e. The van der Waals surface area contributed by atoms with Crippen molar-refractivity contribution in [3.8, 4) is 0 Å². The third-order valence-electron chi connectivity index (χ3n) is 2.53. The summed E-state index contributed by atoms with van der Waals surface area (Å²) < 4.78 is 1.11. The number of nitrogens with one attached hydrogen (secondary N) is 1. The van der Waals surface area contributed by atoms with Crippen LogP contribution in [0.3, 0.4) is 0 Å². The Morgan fingerprint density at radius 1 is 1.39 bits per heavy atom. The summed E-state index contributed by atoms with van der Waals surface area (Å²) in [4.78, 5) is 12.6. The van der Waals surface area contributed by atoms with Crippen LogP contribution in [-0.2, 0) is 6.54 Å². The van der Waals surface area contributed by atoms with Crippen molar-refractivity contribution in [2.45, 2.75) is 13.5 Å². The zero-order valence-corrected chi connectivity index (χ0v) is 12.3. The van der Waals surface area contributed by atoms with E-state index in [1.807, 2.05) is 12.1 Å². The molecule has 0 atom stereocenters. The predicted octanol–water partition coefficient (Wildman–Crippen LogP) is 3.91. The fourth-order valence-corrected chi connectivity index (χ4v) is 3.03. The lowest BCUT2D eigenvalue weighted by Crippen LogP contribution is -2.03. The van der Waals surface area contributed by atoms with Gasteiger partial charge in [0, 0.05) is 28.4 Å². The molecule has 1 aromatic carbocycles. The van der Waals surface area contributed by atoms with Crippen molar-refractivity contribution < 1.29 is 4.79 Å². The lowest BCUT2D eigenvalue weighted by molar-refractivity contribution is 0.101. The average Bonchev–Trinajstić information content (AvgIpc) is 2.74. The molecule has 1 aromatic heterocycles. The minimum Gasteiger partial charge on any atom is -0.398 e. The third kappa shape index (κ3) is 3.11. The summed E-state index contributed by atoms with van der Waals surface area (Å²) in [6.07, 6.45) is 0. The second-order valence-corrected chi connectivity index (χ2v) is 6.47. The van der Waals surface area contributed by atoms with Crippen LogP contribution in [0.15, 0.2) is 34.1 Å². The zero-order chi connectivity index (χ0) is 13.1. The molecule has 2 aromatic rings. The van der Waals surface area contributed by atoms with E-state index < -0.39 is 0 Å². The highest BCUT2D eigenvalue weighted by molar-refractivity contribution is 9.11. The minimum absolute atomic E-state index is 0.0185. The van der Waals surface area contributed by atoms with Gasteiger partial charge in [-0.3, -0.25) is 4.79 Å². The molecule has 0 amide bonds. The Labute approximate surface area is 118 Å². The maximum absolute atomic E-state index is 11.4. The standard InChI is InChI=1S/C13H13BrN2OS/c1-8(17)11-6-9(2-4-12(11)15)16-7-10-3-5-13(14)18-10/h2-6,16H,7,15H2,1H3. The lowest BCUT2D eigenvalue weighted by atomic mass is 10.1. The molecule has 0 saturated carbocycles. The van der Waals surface area contributed by atoms with Crippen LogP contribution >= 0.6 is 27.3 Å². The average molecular weight is 325 g/mol. The quantitative estimate of drug-likeness (QED) is 0.662. The summed E-state index contributed by atoms with van der Waals surface area (Å²) in [6.45, 7) is 2.25. The first-order chi connectivity index (χ1) is 8.56. The Morgan fingerprint density at radius 2 is 2.17 bits per heavy atom. The van der Waals surface area contributed by atoms with Gasteiger partial charge in [-0.1, -0.05) is 0 Å². The number of ketones is 1. The molecule has 0 aliphatic rings. The monoisotopic (exact) mass is 324 g/mol. The van der Waals surface area contributed by atoms with E-state index in [1.165, 1.54) is 11.8 Å². The van der Waals surface area contributed by atoms with Crippen molar-refractivity contribution in [2.24, 2.45) is 0 Å². The van der Waals surface area contributed by atoms with Crippen LogP contribution in [0.1, 0.15) is 22.2 Å². The molecule has 94 valence electrons. The van der Waals surface area contributed by atoms with Gasteiger partial charge in [-0.15, -0.1) is 11.3 Å². The first-order valence-electron chi connectivity index (χ1n) is 5.45. The van der Waals surface area contributed by atoms with Crippen LogP contribution in [-0.4, -0.2) is 5.78 Å². The Hall–Kier alpha value is -1.33. The van der Waals surface area contributed by atoms with Gasteiger partial charge >= 0.3 is 0 Å². The van der Waals surface area contributed by atoms with Crippen LogP contribution < -0.4 is 11.1 Å². The van der Waals surface area contributed by atoms with Gasteiger partial charge in [0.1, 0.15) is 0 Å². The van der Waals surface area contributed by atoms with Gasteiger partial charge in [-0.2, -0.15) is 0 Å². The maximum atomic E-state index is 11.4. The fourth-order valence-electron chi connectivity index (χ4n) is 1.61. The van der Waals surface area contributed by atoms with Gasteiger partial charge in [-0.25, -0.2) is 0 Å². The number of halogens is 1. The molecule has 5 heteroatoms. The number of anilines is 2. The van der Waals surface area contributed by atoms with Crippen LogP contribution in [0.2, 0.25) is 0 Å². The van der Waals surface area contributed by atoms with Gasteiger partial charge in [0.05, 0.1) is 3.79 Å². The summed E-state index contributed by atoms with van der Waals surface area (Å²) >= 11 is 5.11. The SMILES string of the molecule is CC(=O)c1cc(NCc2ccc(Br)s2)ccc1N. The highest BCUT2D eigenvalue weighted by atomic mass is 79.9. The first-order valence-corrected chi connectivity index (χ1v) is 7.06. The van der Waals surface area contributed by atoms with Gasteiger partial charge in [-0.05, 0) is 53.2 Å². The molecular weight excluding hydrogens is 312 g/mol. The fraction of sp³-hybridized carbons (Fsp3) is 0.154. The van der Waals surface area contributed by atoms with Crippen LogP contribution in [0.4, 0.5) is 11.4 Å². The highest BCUT2D eigenvalue weighted by Crippen LogP contribution is 2.24. The predicted molar refractivity (Wildman–Crippen MR) is 80.2 cm³/mol. The Kier molecular flexibility index (Phi) is 4.04. The third-order valence-corrected chi connectivity index (χ3v) is 4.15. The molecule has 0 bridgehead atoms. The van der Waals surface area contributed by atoms with E-state index in [9.17, 15) is 4.79 Å². The van der Waals surface area contributed by atoms with E-state index in [0.29, 0.717) is 11.3 Å². The van der Waals surface area contributed by atoms with E-state index in [-0.39, 0.29) is 5.78 Å². The minimum atomic E-state index is -0.0185. The smallest absolute Gasteiger partial charge is 0.161 e. The van der Waals surface area contributed by atoms with Gasteiger partial charge in [0.2, 0.25) is 0 Å². The van der Waals surface area contributed by atoms with E-state index >= 15 is 0 Å². The molecule has 3 N–H and O–H groups in total. The van der Waals surface area contributed by atoms with Crippen molar-refractivity contribution in [2.75, 3.05) is 11.1 Å². The van der Waals surface area contributed by atoms with Crippen LogP contribution in [0, 0.1) is 0 Å². The summed E-state index contributed by atoms with van der Waals surface area (Å²) in [5.41, 5.74) is 7.73. The summed E-state index contributed by atoms with van der Waals surface area (Å²) in [5.74, 6) is -0.0185. The number of Topliss-reactive ketones (excluding diaryl/α,β-unsaturated/α-hetero) is 1. The van der Waals surface area contributed by atoms with Crippen molar-refractivity contribution in [3.63, 3.8) is 0 Å². The van der Waals surface area contributed by atoms with Crippen LogP contribution in [0.5, 0.6) is 0 Å². The number of benzene rings is 1. The highest BCUT2D eigenvalue weighted by Gasteiger charge is 2.06. The van der Waals surface area contributed by atoms with Crippen molar-refractivity contribution in [1.29, 1.82) is 0 Å². The van der Waals surface area contributed by atoms with Crippen LogP contribution in [0.25, 0.3) is 0 Å². The molecule has 18 heavy (non-hydrogen) atoms. The van der Waals surface area contributed by atoms with Gasteiger partial charge in [0.25, 0.3) is 0 Å². The van der Waals surface area contributed by atoms with E-state index in [1.54, 1.807) is 23.5 Å². The molecule has 0 radical (unpaired) electrons. The number of carbonyl (C=O) groups excluding carboxylic acids is 1. The lowest BCUT2D eigenvalue weighted by Gasteiger charge is -2.08. The molecule has 0 unspecified atom stereocenters. The molecule has 2 rings (SSSR count). The van der Waals surface area contributed by atoms with E-state index in [0.717, 1.165) is 16.0 Å². The summed E-state index contributed by atoms with van der Waals surface area (Å²) in [6, 6.07) is 9.50. The van der Waals surface area contributed by atoms with Crippen molar-refractivity contribution in [3.05, 3.63) is 44.6 Å². The molecule has 0 spiro atoms. The van der Waals surface area contributed by atoms with Crippen molar-refractivity contribution >= 4 is 44.4 Å². The summed E-state index contributed by atoms with van der Waals surface area (Å²) in [7, 11) is 0. The molecule has 0 aliphatic heterocycles. The molecule has 0 fully saturated rings. The second kappa shape index (κ2) is 5.54. The number of hydrogen-bond donors (Lipinski definition) is 2. The number of thiophene rings is 1. The molecule has 1 heterocycles. The molecule has 3 nitrogen and oxygen atoms in total. The molecule has 0 aliphatic carbocycles. The first kappa shape index (κ1) is 13.1.